The van der Waals surface area contributed by atoms with E-state index in [0.29, 0.717) is 0 Å². The Balaban J connectivity index is 2.20. The first kappa shape index (κ1) is 13.9. The molecule has 0 amide bonds. The lowest BCUT2D eigenvalue weighted by Crippen LogP contribution is -2.37. The fourth-order valence-electron chi connectivity index (χ4n) is 2.21. The average Bonchev–Trinajstić information content (AvgIpc) is 2.49. The molecule has 0 bridgehead atoms. The minimum absolute atomic E-state index is 0.252. The first-order valence-electron chi connectivity index (χ1n) is 6.51. The van der Waals surface area contributed by atoms with Crippen molar-refractivity contribution in [1.82, 2.24) is 15.1 Å². The molecule has 1 unspecified atom stereocenters. The molecule has 1 atom stereocenters. The summed E-state index contributed by atoms with van der Waals surface area (Å²) in [6.45, 7) is 9.14. The monoisotopic (exact) mass is 229 g/mol. The first-order chi connectivity index (χ1) is 7.76. The van der Waals surface area contributed by atoms with Crippen molar-refractivity contribution in [2.45, 2.75) is 25.8 Å². The molecule has 0 aromatic rings. The maximum Gasteiger partial charge on any atom is 0.0585 e. The summed E-state index contributed by atoms with van der Waals surface area (Å²) in [5.41, 5.74) is 0. The molecule has 0 aromatic carbocycles. The largest absolute Gasteiger partial charge is 0.395 e. The molecule has 0 aromatic heterocycles. The number of hydrogen-bond acceptors (Lipinski definition) is 4. The Kier molecular flexibility index (Phi) is 6.96. The molecule has 1 aliphatic heterocycles. The van der Waals surface area contributed by atoms with E-state index in [-0.39, 0.29) is 12.6 Å². The quantitative estimate of drug-likeness (QED) is 0.672. The molecule has 0 radical (unpaired) electrons. The summed E-state index contributed by atoms with van der Waals surface area (Å²) >= 11 is 0. The van der Waals surface area contributed by atoms with Gasteiger partial charge in [-0.2, -0.15) is 0 Å². The molecule has 0 aliphatic carbocycles. The number of nitrogens with zero attached hydrogens (tertiary/aromatic N) is 2. The lowest BCUT2D eigenvalue weighted by Gasteiger charge is -2.23. The fraction of sp³-hybridized carbons (Fsp3) is 1.00. The SMILES string of the molecule is CCNC(CO)CCN1CCCN(C)CC1. The average molecular weight is 229 g/mol. The van der Waals surface area contributed by atoms with Crippen molar-refractivity contribution in [2.75, 3.05) is 52.9 Å². The highest BCUT2D eigenvalue weighted by molar-refractivity contribution is 4.71. The van der Waals surface area contributed by atoms with Crippen molar-refractivity contribution < 1.29 is 5.11 Å². The van der Waals surface area contributed by atoms with E-state index < -0.39 is 0 Å². The van der Waals surface area contributed by atoms with Crippen LogP contribution in [0.25, 0.3) is 0 Å². The van der Waals surface area contributed by atoms with Gasteiger partial charge in [0.25, 0.3) is 0 Å². The van der Waals surface area contributed by atoms with E-state index in [1.165, 1.54) is 32.6 Å². The van der Waals surface area contributed by atoms with E-state index in [0.717, 1.165) is 19.5 Å². The van der Waals surface area contributed by atoms with E-state index >= 15 is 0 Å². The molecule has 0 spiro atoms. The van der Waals surface area contributed by atoms with Gasteiger partial charge in [-0.15, -0.1) is 0 Å². The zero-order chi connectivity index (χ0) is 11.8. The topological polar surface area (TPSA) is 38.7 Å². The number of likely N-dealkylation sites (N-methyl/N-ethyl adjacent to an activating group) is 2. The molecule has 1 rings (SSSR count). The van der Waals surface area contributed by atoms with Gasteiger partial charge < -0.3 is 20.2 Å². The molecular weight excluding hydrogens is 202 g/mol. The summed E-state index contributed by atoms with van der Waals surface area (Å²) in [4.78, 5) is 4.91. The molecule has 16 heavy (non-hydrogen) atoms. The van der Waals surface area contributed by atoms with Crippen molar-refractivity contribution >= 4 is 0 Å². The molecule has 4 nitrogen and oxygen atoms in total. The van der Waals surface area contributed by atoms with Gasteiger partial charge >= 0.3 is 0 Å². The Morgan fingerprint density at radius 3 is 2.75 bits per heavy atom. The molecule has 1 heterocycles. The number of rotatable bonds is 6. The number of aliphatic hydroxyl groups excluding tert-OH is 1. The van der Waals surface area contributed by atoms with Crippen molar-refractivity contribution in [3.05, 3.63) is 0 Å². The Morgan fingerprint density at radius 2 is 2.06 bits per heavy atom. The van der Waals surface area contributed by atoms with Gasteiger partial charge in [0.1, 0.15) is 0 Å². The van der Waals surface area contributed by atoms with Crippen molar-refractivity contribution in [3.8, 4) is 0 Å². The fourth-order valence-corrected chi connectivity index (χ4v) is 2.21. The third-order valence-corrected chi connectivity index (χ3v) is 3.32. The predicted octanol–water partition coefficient (Wildman–Crippen LogP) is -0.0156. The molecule has 0 saturated carbocycles. The standard InChI is InChI=1S/C12H27N3O/c1-3-13-12(11-16)5-8-15-7-4-6-14(2)9-10-15/h12-13,16H,3-11H2,1-2H3. The van der Waals surface area contributed by atoms with Crippen LogP contribution in [0, 0.1) is 0 Å². The van der Waals surface area contributed by atoms with Crippen molar-refractivity contribution in [1.29, 1.82) is 0 Å². The molecular formula is C12H27N3O. The molecule has 2 N–H and O–H groups in total. The van der Waals surface area contributed by atoms with Crippen molar-refractivity contribution in [2.24, 2.45) is 0 Å². The van der Waals surface area contributed by atoms with Gasteiger partial charge in [0.2, 0.25) is 0 Å². The van der Waals surface area contributed by atoms with Gasteiger partial charge in [0.05, 0.1) is 6.61 Å². The molecule has 1 fully saturated rings. The number of aliphatic hydroxyl groups is 1. The Labute approximate surface area is 99.6 Å². The van der Waals surface area contributed by atoms with Crippen LogP contribution >= 0.6 is 0 Å². The van der Waals surface area contributed by atoms with Crippen LogP contribution in [0.5, 0.6) is 0 Å². The zero-order valence-electron chi connectivity index (χ0n) is 10.8. The smallest absolute Gasteiger partial charge is 0.0585 e. The lowest BCUT2D eigenvalue weighted by atomic mass is 10.2. The van der Waals surface area contributed by atoms with E-state index in [2.05, 4.69) is 29.1 Å². The van der Waals surface area contributed by atoms with Crippen LogP contribution in [0.1, 0.15) is 19.8 Å². The zero-order valence-corrected chi connectivity index (χ0v) is 10.8. The molecule has 1 saturated heterocycles. The number of nitrogens with one attached hydrogen (secondary N) is 1. The molecule has 4 heteroatoms. The van der Waals surface area contributed by atoms with E-state index in [9.17, 15) is 5.11 Å². The third-order valence-electron chi connectivity index (χ3n) is 3.32. The Bertz CT molecular complexity index is 178. The number of hydrogen-bond donors (Lipinski definition) is 2. The summed E-state index contributed by atoms with van der Waals surface area (Å²) in [6, 6.07) is 0.269. The summed E-state index contributed by atoms with van der Waals surface area (Å²) in [6.07, 6.45) is 2.32. The van der Waals surface area contributed by atoms with E-state index in [4.69, 9.17) is 0 Å². The summed E-state index contributed by atoms with van der Waals surface area (Å²) in [5.74, 6) is 0. The van der Waals surface area contributed by atoms with Crippen LogP contribution in [0.15, 0.2) is 0 Å². The highest BCUT2D eigenvalue weighted by atomic mass is 16.3. The highest BCUT2D eigenvalue weighted by Crippen LogP contribution is 2.03. The summed E-state index contributed by atoms with van der Waals surface area (Å²) in [5, 5.41) is 12.5. The van der Waals surface area contributed by atoms with Gasteiger partial charge in [0, 0.05) is 19.1 Å². The normalized spacial score (nSPS) is 21.9. The molecule has 96 valence electrons. The van der Waals surface area contributed by atoms with Gasteiger partial charge in [-0.05, 0) is 46.1 Å². The summed E-state index contributed by atoms with van der Waals surface area (Å²) in [7, 11) is 2.19. The van der Waals surface area contributed by atoms with Crippen LogP contribution in [0.3, 0.4) is 0 Å². The second kappa shape index (κ2) is 8.01. The minimum Gasteiger partial charge on any atom is -0.395 e. The van der Waals surface area contributed by atoms with Gasteiger partial charge in [-0.3, -0.25) is 0 Å². The highest BCUT2D eigenvalue weighted by Gasteiger charge is 2.13. The first-order valence-corrected chi connectivity index (χ1v) is 6.51. The third kappa shape index (κ3) is 5.25. The van der Waals surface area contributed by atoms with Crippen LogP contribution in [0.4, 0.5) is 0 Å². The predicted molar refractivity (Wildman–Crippen MR) is 67.7 cm³/mol. The van der Waals surface area contributed by atoms with E-state index in [1.807, 2.05) is 0 Å². The van der Waals surface area contributed by atoms with E-state index in [1.54, 1.807) is 0 Å². The maximum atomic E-state index is 9.19. The second-order valence-electron chi connectivity index (χ2n) is 4.72. The van der Waals surface area contributed by atoms with Crippen LogP contribution in [0.2, 0.25) is 0 Å². The minimum atomic E-state index is 0.252. The molecule has 1 aliphatic rings. The Morgan fingerprint density at radius 1 is 1.25 bits per heavy atom. The Hall–Kier alpha value is -0.160. The van der Waals surface area contributed by atoms with Gasteiger partial charge in [-0.1, -0.05) is 6.92 Å². The van der Waals surface area contributed by atoms with Crippen LogP contribution in [-0.2, 0) is 0 Å². The van der Waals surface area contributed by atoms with Gasteiger partial charge in [0.15, 0.2) is 0 Å². The lowest BCUT2D eigenvalue weighted by molar-refractivity contribution is 0.208. The van der Waals surface area contributed by atoms with Crippen LogP contribution in [-0.4, -0.2) is 73.9 Å². The van der Waals surface area contributed by atoms with Crippen LogP contribution < -0.4 is 5.32 Å². The summed E-state index contributed by atoms with van der Waals surface area (Å²) < 4.78 is 0. The van der Waals surface area contributed by atoms with Gasteiger partial charge in [-0.25, -0.2) is 0 Å². The maximum absolute atomic E-state index is 9.19. The van der Waals surface area contributed by atoms with Crippen molar-refractivity contribution in [3.63, 3.8) is 0 Å². The second-order valence-corrected chi connectivity index (χ2v) is 4.72.